The zero-order valence-electron chi connectivity index (χ0n) is 9.73. The van der Waals surface area contributed by atoms with Crippen molar-refractivity contribution < 1.29 is 0 Å². The zero-order valence-corrected chi connectivity index (χ0v) is 10.5. The Labute approximate surface area is 100 Å². The van der Waals surface area contributed by atoms with E-state index in [4.69, 9.17) is 0 Å². The van der Waals surface area contributed by atoms with Crippen LogP contribution in [0.2, 0.25) is 0 Å². The van der Waals surface area contributed by atoms with Gasteiger partial charge in [0.05, 0.1) is 10.2 Å². The van der Waals surface area contributed by atoms with E-state index in [0.29, 0.717) is 0 Å². The normalized spacial score (nSPS) is 11.2. The first kappa shape index (κ1) is 11.4. The van der Waals surface area contributed by atoms with E-state index >= 15 is 0 Å². The number of hydrogen-bond acceptors (Lipinski definition) is 4. The number of thiazole rings is 1. The molecule has 0 atom stereocenters. The number of nitrogens with one attached hydrogen (secondary N) is 1. The van der Waals surface area contributed by atoms with Crippen molar-refractivity contribution in [3.05, 3.63) is 24.3 Å². The van der Waals surface area contributed by atoms with Crippen LogP contribution in [0.5, 0.6) is 0 Å². The fourth-order valence-electron chi connectivity index (χ4n) is 1.54. The number of benzene rings is 1. The van der Waals surface area contributed by atoms with Gasteiger partial charge in [0.15, 0.2) is 5.13 Å². The summed E-state index contributed by atoms with van der Waals surface area (Å²) in [5, 5.41) is 4.40. The SMILES string of the molecule is CN(C)CCCNc1nc2ccccc2s1. The Balaban J connectivity index is 1.89. The van der Waals surface area contributed by atoms with Gasteiger partial charge in [-0.2, -0.15) is 0 Å². The van der Waals surface area contributed by atoms with Crippen LogP contribution in [0, 0.1) is 0 Å². The molecule has 16 heavy (non-hydrogen) atoms. The molecule has 3 nitrogen and oxygen atoms in total. The Morgan fingerprint density at radius 1 is 1.31 bits per heavy atom. The average Bonchev–Trinajstić information content (AvgIpc) is 2.66. The highest BCUT2D eigenvalue weighted by molar-refractivity contribution is 7.22. The summed E-state index contributed by atoms with van der Waals surface area (Å²) in [6.07, 6.45) is 1.14. The first-order chi connectivity index (χ1) is 7.75. The number of para-hydroxylation sites is 1. The summed E-state index contributed by atoms with van der Waals surface area (Å²) in [6.45, 7) is 2.09. The molecule has 0 aliphatic rings. The van der Waals surface area contributed by atoms with Crippen LogP contribution in [0.4, 0.5) is 5.13 Å². The second-order valence-electron chi connectivity index (χ2n) is 4.07. The lowest BCUT2D eigenvalue weighted by molar-refractivity contribution is 0.405. The van der Waals surface area contributed by atoms with Gasteiger partial charge in [-0.3, -0.25) is 0 Å². The molecule has 1 heterocycles. The van der Waals surface area contributed by atoms with E-state index in [-0.39, 0.29) is 0 Å². The first-order valence-electron chi connectivity index (χ1n) is 5.50. The Morgan fingerprint density at radius 3 is 2.88 bits per heavy atom. The van der Waals surface area contributed by atoms with Crippen molar-refractivity contribution >= 4 is 26.7 Å². The van der Waals surface area contributed by atoms with Gasteiger partial charge in [-0.25, -0.2) is 4.98 Å². The van der Waals surface area contributed by atoms with Crippen molar-refractivity contribution in [1.29, 1.82) is 0 Å². The Bertz CT molecular complexity index is 417. The molecule has 0 radical (unpaired) electrons. The molecule has 0 amide bonds. The lowest BCUT2D eigenvalue weighted by Gasteiger charge is -2.08. The fourth-order valence-corrected chi connectivity index (χ4v) is 2.43. The molecule has 1 N–H and O–H groups in total. The van der Waals surface area contributed by atoms with Crippen LogP contribution < -0.4 is 5.32 Å². The molecule has 0 spiro atoms. The number of hydrogen-bond donors (Lipinski definition) is 1. The van der Waals surface area contributed by atoms with E-state index in [9.17, 15) is 0 Å². The van der Waals surface area contributed by atoms with Gasteiger partial charge in [0.25, 0.3) is 0 Å². The monoisotopic (exact) mass is 235 g/mol. The van der Waals surface area contributed by atoms with Gasteiger partial charge in [0, 0.05) is 6.54 Å². The minimum Gasteiger partial charge on any atom is -0.361 e. The molecular weight excluding hydrogens is 218 g/mol. The molecule has 0 bridgehead atoms. The topological polar surface area (TPSA) is 28.2 Å². The third kappa shape index (κ3) is 2.93. The minimum absolute atomic E-state index is 0.984. The van der Waals surface area contributed by atoms with Gasteiger partial charge < -0.3 is 10.2 Å². The largest absolute Gasteiger partial charge is 0.361 e. The second kappa shape index (κ2) is 5.27. The molecule has 0 fully saturated rings. The maximum atomic E-state index is 4.52. The quantitative estimate of drug-likeness (QED) is 0.808. The summed E-state index contributed by atoms with van der Waals surface area (Å²) in [6, 6.07) is 8.24. The van der Waals surface area contributed by atoms with E-state index in [2.05, 4.69) is 47.5 Å². The van der Waals surface area contributed by atoms with Crippen LogP contribution in [0.15, 0.2) is 24.3 Å². The summed E-state index contributed by atoms with van der Waals surface area (Å²) in [5.74, 6) is 0. The Kier molecular flexibility index (Phi) is 3.74. The number of rotatable bonds is 5. The van der Waals surface area contributed by atoms with E-state index in [1.54, 1.807) is 11.3 Å². The van der Waals surface area contributed by atoms with Crippen molar-refractivity contribution in [3.8, 4) is 0 Å². The summed E-state index contributed by atoms with van der Waals surface area (Å²) in [7, 11) is 4.19. The van der Waals surface area contributed by atoms with E-state index < -0.39 is 0 Å². The van der Waals surface area contributed by atoms with Gasteiger partial charge in [-0.15, -0.1) is 0 Å². The molecule has 0 aliphatic heterocycles. The standard InChI is InChI=1S/C12H17N3S/c1-15(2)9-5-8-13-12-14-10-6-3-4-7-11(10)16-12/h3-4,6-7H,5,8-9H2,1-2H3,(H,13,14). The van der Waals surface area contributed by atoms with Crippen LogP contribution >= 0.6 is 11.3 Å². The van der Waals surface area contributed by atoms with Crippen LogP contribution in [-0.4, -0.2) is 37.1 Å². The average molecular weight is 235 g/mol. The molecule has 0 aliphatic carbocycles. The van der Waals surface area contributed by atoms with Gasteiger partial charge in [-0.1, -0.05) is 23.5 Å². The van der Waals surface area contributed by atoms with Crippen LogP contribution in [0.1, 0.15) is 6.42 Å². The predicted molar refractivity (Wildman–Crippen MR) is 71.3 cm³/mol. The maximum absolute atomic E-state index is 4.52. The third-order valence-electron chi connectivity index (χ3n) is 2.35. The molecule has 86 valence electrons. The zero-order chi connectivity index (χ0) is 11.4. The van der Waals surface area contributed by atoms with Gasteiger partial charge in [0.1, 0.15) is 0 Å². The van der Waals surface area contributed by atoms with Crippen LogP contribution in [0.3, 0.4) is 0 Å². The van der Waals surface area contributed by atoms with Crippen molar-refractivity contribution in [2.24, 2.45) is 0 Å². The number of fused-ring (bicyclic) bond motifs is 1. The Hall–Kier alpha value is -1.13. The predicted octanol–water partition coefficient (Wildman–Crippen LogP) is 2.66. The molecule has 2 aromatic rings. The lowest BCUT2D eigenvalue weighted by Crippen LogP contribution is -2.16. The smallest absolute Gasteiger partial charge is 0.183 e. The molecule has 1 aromatic heterocycles. The van der Waals surface area contributed by atoms with Crippen LogP contribution in [0.25, 0.3) is 10.2 Å². The molecule has 0 unspecified atom stereocenters. The summed E-state index contributed by atoms with van der Waals surface area (Å²) in [4.78, 5) is 6.72. The minimum atomic E-state index is 0.984. The molecule has 0 saturated carbocycles. The van der Waals surface area contributed by atoms with Crippen LogP contribution in [-0.2, 0) is 0 Å². The summed E-state index contributed by atoms with van der Waals surface area (Å²) < 4.78 is 1.25. The maximum Gasteiger partial charge on any atom is 0.183 e. The van der Waals surface area contributed by atoms with Gasteiger partial charge in [-0.05, 0) is 39.2 Å². The molecule has 2 rings (SSSR count). The van der Waals surface area contributed by atoms with Crippen molar-refractivity contribution in [2.75, 3.05) is 32.5 Å². The Morgan fingerprint density at radius 2 is 2.12 bits per heavy atom. The highest BCUT2D eigenvalue weighted by Crippen LogP contribution is 2.25. The van der Waals surface area contributed by atoms with Crippen molar-refractivity contribution in [2.45, 2.75) is 6.42 Å². The van der Waals surface area contributed by atoms with Crippen molar-refractivity contribution in [1.82, 2.24) is 9.88 Å². The number of anilines is 1. The molecular formula is C12H17N3S. The van der Waals surface area contributed by atoms with E-state index in [1.165, 1.54) is 4.70 Å². The fraction of sp³-hybridized carbons (Fsp3) is 0.417. The van der Waals surface area contributed by atoms with Gasteiger partial charge >= 0.3 is 0 Å². The lowest BCUT2D eigenvalue weighted by atomic mass is 10.3. The number of aromatic nitrogens is 1. The summed E-state index contributed by atoms with van der Waals surface area (Å²) >= 11 is 1.72. The number of nitrogens with zero attached hydrogens (tertiary/aromatic N) is 2. The molecule has 4 heteroatoms. The highest BCUT2D eigenvalue weighted by atomic mass is 32.1. The first-order valence-corrected chi connectivity index (χ1v) is 6.31. The van der Waals surface area contributed by atoms with Crippen molar-refractivity contribution in [3.63, 3.8) is 0 Å². The van der Waals surface area contributed by atoms with Gasteiger partial charge in [0.2, 0.25) is 0 Å². The molecule has 0 saturated heterocycles. The summed E-state index contributed by atoms with van der Waals surface area (Å²) in [5.41, 5.74) is 1.09. The molecule has 1 aromatic carbocycles. The van der Waals surface area contributed by atoms with E-state index in [1.807, 2.05) is 6.07 Å². The van der Waals surface area contributed by atoms with E-state index in [0.717, 1.165) is 30.2 Å². The second-order valence-corrected chi connectivity index (χ2v) is 5.10. The highest BCUT2D eigenvalue weighted by Gasteiger charge is 2.01. The third-order valence-corrected chi connectivity index (χ3v) is 3.35.